The van der Waals surface area contributed by atoms with Crippen molar-refractivity contribution in [2.24, 2.45) is 0 Å². The monoisotopic (exact) mass is 399 g/mol. The van der Waals surface area contributed by atoms with Crippen LogP contribution in [0.25, 0.3) is 17.1 Å². The van der Waals surface area contributed by atoms with Gasteiger partial charge in [0.05, 0.1) is 5.69 Å². The summed E-state index contributed by atoms with van der Waals surface area (Å²) in [6, 6.07) is 19.2. The highest BCUT2D eigenvalue weighted by Gasteiger charge is 2.28. The molecule has 0 aliphatic carbocycles. The number of nitrogens with zero attached hydrogens (tertiary/aromatic N) is 5. The molecule has 1 aliphatic heterocycles. The number of aromatic nitrogens is 4. The molecule has 0 radical (unpaired) electrons. The van der Waals surface area contributed by atoms with Gasteiger partial charge in [-0.3, -0.25) is 4.79 Å². The SMILES string of the molecule is O=C(c1cccc(-n2cccn2)c1)N1CCC(c2nc(-c3ccccc3)no2)CC1. The predicted octanol–water partition coefficient (Wildman–Crippen LogP) is 3.94. The first kappa shape index (κ1) is 18.3. The highest BCUT2D eigenvalue weighted by atomic mass is 16.5. The maximum absolute atomic E-state index is 13.0. The van der Waals surface area contributed by atoms with E-state index in [9.17, 15) is 4.79 Å². The van der Waals surface area contributed by atoms with Crippen molar-refractivity contribution in [2.75, 3.05) is 13.1 Å². The van der Waals surface area contributed by atoms with Crippen LogP contribution in [0.3, 0.4) is 0 Å². The van der Waals surface area contributed by atoms with E-state index in [0.29, 0.717) is 30.4 Å². The fourth-order valence-electron chi connectivity index (χ4n) is 3.82. The van der Waals surface area contributed by atoms with Crippen molar-refractivity contribution in [3.63, 3.8) is 0 Å². The molecular formula is C23H21N5O2. The Bertz CT molecular complexity index is 1130. The van der Waals surface area contributed by atoms with Crippen LogP contribution in [0.5, 0.6) is 0 Å². The number of carbonyl (C=O) groups is 1. The Balaban J connectivity index is 1.25. The zero-order valence-electron chi connectivity index (χ0n) is 16.4. The Hall–Kier alpha value is -3.74. The number of amides is 1. The normalized spacial score (nSPS) is 14.7. The minimum atomic E-state index is 0.0398. The van der Waals surface area contributed by atoms with Crippen LogP contribution in [-0.4, -0.2) is 43.8 Å². The van der Waals surface area contributed by atoms with Crippen LogP contribution < -0.4 is 0 Å². The number of hydrogen-bond donors (Lipinski definition) is 0. The zero-order valence-corrected chi connectivity index (χ0v) is 16.4. The van der Waals surface area contributed by atoms with Crippen LogP contribution in [-0.2, 0) is 0 Å². The average Bonchev–Trinajstić information content (AvgIpc) is 3.52. The number of hydrogen-bond acceptors (Lipinski definition) is 5. The molecule has 0 N–H and O–H groups in total. The molecule has 30 heavy (non-hydrogen) atoms. The second kappa shape index (κ2) is 7.94. The molecule has 1 aliphatic rings. The Morgan fingerprint density at radius 3 is 2.60 bits per heavy atom. The summed E-state index contributed by atoms with van der Waals surface area (Å²) in [5, 5.41) is 8.36. The largest absolute Gasteiger partial charge is 0.339 e. The van der Waals surface area contributed by atoms with E-state index in [2.05, 4.69) is 15.2 Å². The Morgan fingerprint density at radius 1 is 1.00 bits per heavy atom. The van der Waals surface area contributed by atoms with E-state index < -0.39 is 0 Å². The lowest BCUT2D eigenvalue weighted by atomic mass is 9.96. The molecule has 0 unspecified atom stereocenters. The summed E-state index contributed by atoms with van der Waals surface area (Å²) >= 11 is 0. The van der Waals surface area contributed by atoms with Gasteiger partial charge in [-0.15, -0.1) is 0 Å². The molecule has 7 nitrogen and oxygen atoms in total. The zero-order chi connectivity index (χ0) is 20.3. The average molecular weight is 399 g/mol. The van der Waals surface area contributed by atoms with Crippen LogP contribution in [0.4, 0.5) is 0 Å². The number of carbonyl (C=O) groups excluding carboxylic acids is 1. The topological polar surface area (TPSA) is 77.1 Å². The van der Waals surface area contributed by atoms with Gasteiger partial charge in [-0.2, -0.15) is 10.1 Å². The summed E-state index contributed by atoms with van der Waals surface area (Å²) in [5.74, 6) is 1.48. The van der Waals surface area contributed by atoms with Gasteiger partial charge in [-0.1, -0.05) is 41.6 Å². The van der Waals surface area contributed by atoms with E-state index in [0.717, 1.165) is 24.1 Å². The van der Waals surface area contributed by atoms with Gasteiger partial charge in [-0.05, 0) is 37.1 Å². The van der Waals surface area contributed by atoms with Gasteiger partial charge >= 0.3 is 0 Å². The van der Waals surface area contributed by atoms with E-state index in [4.69, 9.17) is 4.52 Å². The lowest BCUT2D eigenvalue weighted by molar-refractivity contribution is 0.0704. The smallest absolute Gasteiger partial charge is 0.253 e. The predicted molar refractivity (Wildman–Crippen MR) is 111 cm³/mol. The molecule has 0 bridgehead atoms. The standard InChI is InChI=1S/C23H21N5O2/c29-23(19-8-4-9-20(16-19)28-13-5-12-24-28)27-14-10-18(11-15-27)22-25-21(26-30-22)17-6-2-1-3-7-17/h1-9,12-13,16,18H,10-11,14-15H2. The number of likely N-dealkylation sites (tertiary alicyclic amines) is 1. The van der Waals surface area contributed by atoms with E-state index in [1.807, 2.05) is 71.8 Å². The molecule has 150 valence electrons. The van der Waals surface area contributed by atoms with Gasteiger partial charge in [0.15, 0.2) is 0 Å². The lowest BCUT2D eigenvalue weighted by Crippen LogP contribution is -2.38. The van der Waals surface area contributed by atoms with Crippen molar-refractivity contribution in [3.8, 4) is 17.1 Å². The van der Waals surface area contributed by atoms with Crippen LogP contribution in [0.15, 0.2) is 77.6 Å². The summed E-state index contributed by atoms with van der Waals surface area (Å²) < 4.78 is 7.27. The van der Waals surface area contributed by atoms with Gasteiger partial charge in [0.25, 0.3) is 5.91 Å². The summed E-state index contributed by atoms with van der Waals surface area (Å²) in [7, 11) is 0. The Labute approximate surface area is 174 Å². The van der Waals surface area contributed by atoms with Gasteiger partial charge < -0.3 is 9.42 Å². The molecule has 2 aromatic carbocycles. The maximum atomic E-state index is 13.0. The first-order chi connectivity index (χ1) is 14.8. The van der Waals surface area contributed by atoms with E-state index >= 15 is 0 Å². The molecule has 3 heterocycles. The number of rotatable bonds is 4. The molecule has 2 aromatic heterocycles. The van der Waals surface area contributed by atoms with Gasteiger partial charge in [0.1, 0.15) is 0 Å². The van der Waals surface area contributed by atoms with Gasteiger partial charge in [0, 0.05) is 42.5 Å². The third-order valence-corrected chi connectivity index (χ3v) is 5.47. The molecule has 1 fully saturated rings. The van der Waals surface area contributed by atoms with Crippen molar-refractivity contribution in [1.29, 1.82) is 0 Å². The van der Waals surface area contributed by atoms with Crippen molar-refractivity contribution >= 4 is 5.91 Å². The summed E-state index contributed by atoms with van der Waals surface area (Å²) in [6.07, 6.45) is 5.20. The molecule has 0 spiro atoms. The van der Waals surface area contributed by atoms with Gasteiger partial charge in [0.2, 0.25) is 11.7 Å². The van der Waals surface area contributed by atoms with E-state index in [1.165, 1.54) is 0 Å². The number of piperidine rings is 1. The lowest BCUT2D eigenvalue weighted by Gasteiger charge is -2.30. The van der Waals surface area contributed by atoms with Crippen LogP contribution in [0, 0.1) is 0 Å². The first-order valence-corrected chi connectivity index (χ1v) is 10.1. The highest BCUT2D eigenvalue weighted by Crippen LogP contribution is 2.29. The molecule has 1 amide bonds. The van der Waals surface area contributed by atoms with E-state index in [1.54, 1.807) is 10.9 Å². The Morgan fingerprint density at radius 2 is 1.83 bits per heavy atom. The van der Waals surface area contributed by atoms with Crippen molar-refractivity contribution in [3.05, 3.63) is 84.5 Å². The number of benzene rings is 2. The van der Waals surface area contributed by atoms with E-state index in [-0.39, 0.29) is 11.8 Å². The van der Waals surface area contributed by atoms with Crippen molar-refractivity contribution < 1.29 is 9.32 Å². The Kier molecular flexibility index (Phi) is 4.85. The molecular weight excluding hydrogens is 378 g/mol. The third kappa shape index (κ3) is 3.61. The molecule has 5 rings (SSSR count). The fourth-order valence-corrected chi connectivity index (χ4v) is 3.82. The van der Waals surface area contributed by atoms with Crippen molar-refractivity contribution in [2.45, 2.75) is 18.8 Å². The fraction of sp³-hybridized carbons (Fsp3) is 0.217. The van der Waals surface area contributed by atoms with Gasteiger partial charge in [-0.25, -0.2) is 4.68 Å². The molecule has 0 atom stereocenters. The second-order valence-electron chi connectivity index (χ2n) is 7.39. The maximum Gasteiger partial charge on any atom is 0.253 e. The molecule has 1 saturated heterocycles. The highest BCUT2D eigenvalue weighted by molar-refractivity contribution is 5.94. The quantitative estimate of drug-likeness (QED) is 0.519. The minimum absolute atomic E-state index is 0.0398. The minimum Gasteiger partial charge on any atom is -0.339 e. The summed E-state index contributed by atoms with van der Waals surface area (Å²) in [6.45, 7) is 1.33. The molecule has 7 heteroatoms. The summed E-state index contributed by atoms with van der Waals surface area (Å²) in [4.78, 5) is 19.5. The van der Waals surface area contributed by atoms with Crippen LogP contribution >= 0.6 is 0 Å². The second-order valence-corrected chi connectivity index (χ2v) is 7.39. The first-order valence-electron chi connectivity index (χ1n) is 10.1. The van der Waals surface area contributed by atoms with Crippen molar-refractivity contribution in [1.82, 2.24) is 24.8 Å². The van der Waals surface area contributed by atoms with Crippen LogP contribution in [0.2, 0.25) is 0 Å². The molecule has 4 aromatic rings. The third-order valence-electron chi connectivity index (χ3n) is 5.47. The molecule has 0 saturated carbocycles. The summed E-state index contributed by atoms with van der Waals surface area (Å²) in [5.41, 5.74) is 2.49. The van der Waals surface area contributed by atoms with Crippen LogP contribution in [0.1, 0.15) is 35.0 Å².